The van der Waals surface area contributed by atoms with Crippen LogP contribution in [0.25, 0.3) is 0 Å². The SMILES string of the molecule is COC(=O)C(CC(C)C)NC(=O)Cc1ccc(NC(C)=O)cc1. The van der Waals surface area contributed by atoms with Gasteiger partial charge in [0.2, 0.25) is 11.8 Å². The Morgan fingerprint density at radius 2 is 1.74 bits per heavy atom. The smallest absolute Gasteiger partial charge is 0.328 e. The predicted molar refractivity (Wildman–Crippen MR) is 87.9 cm³/mol. The van der Waals surface area contributed by atoms with E-state index in [1.165, 1.54) is 14.0 Å². The van der Waals surface area contributed by atoms with Crippen molar-refractivity contribution in [3.63, 3.8) is 0 Å². The highest BCUT2D eigenvalue weighted by Gasteiger charge is 2.22. The van der Waals surface area contributed by atoms with Crippen molar-refractivity contribution >= 4 is 23.5 Å². The molecule has 1 aromatic carbocycles. The van der Waals surface area contributed by atoms with Crippen LogP contribution in [-0.2, 0) is 25.5 Å². The Morgan fingerprint density at radius 1 is 1.13 bits per heavy atom. The second kappa shape index (κ2) is 8.92. The molecule has 2 amide bonds. The molecule has 1 unspecified atom stereocenters. The maximum atomic E-state index is 12.1. The zero-order valence-electron chi connectivity index (χ0n) is 14.0. The molecule has 126 valence electrons. The third-order valence-electron chi connectivity index (χ3n) is 3.17. The van der Waals surface area contributed by atoms with Gasteiger partial charge < -0.3 is 15.4 Å². The molecule has 0 radical (unpaired) electrons. The molecule has 6 heteroatoms. The number of esters is 1. The van der Waals surface area contributed by atoms with Crippen LogP contribution < -0.4 is 10.6 Å². The normalized spacial score (nSPS) is 11.7. The number of nitrogens with one attached hydrogen (secondary N) is 2. The topological polar surface area (TPSA) is 84.5 Å². The van der Waals surface area contributed by atoms with Gasteiger partial charge in [-0.1, -0.05) is 26.0 Å². The van der Waals surface area contributed by atoms with Gasteiger partial charge in [0.15, 0.2) is 0 Å². The summed E-state index contributed by atoms with van der Waals surface area (Å²) in [7, 11) is 1.31. The molecule has 2 N–H and O–H groups in total. The summed E-state index contributed by atoms with van der Waals surface area (Å²) in [6, 6.07) is 6.36. The summed E-state index contributed by atoms with van der Waals surface area (Å²) >= 11 is 0. The Labute approximate surface area is 136 Å². The molecule has 0 heterocycles. The number of rotatable bonds is 7. The van der Waals surface area contributed by atoms with Crippen molar-refractivity contribution in [2.75, 3.05) is 12.4 Å². The molecule has 0 saturated carbocycles. The minimum Gasteiger partial charge on any atom is -0.467 e. The van der Waals surface area contributed by atoms with E-state index in [0.717, 1.165) is 5.56 Å². The average molecular weight is 320 g/mol. The van der Waals surface area contributed by atoms with Gasteiger partial charge in [0, 0.05) is 12.6 Å². The van der Waals surface area contributed by atoms with E-state index in [9.17, 15) is 14.4 Å². The van der Waals surface area contributed by atoms with Gasteiger partial charge in [0.25, 0.3) is 0 Å². The van der Waals surface area contributed by atoms with Crippen LogP contribution in [0.4, 0.5) is 5.69 Å². The van der Waals surface area contributed by atoms with E-state index in [1.54, 1.807) is 24.3 Å². The van der Waals surface area contributed by atoms with Crippen molar-refractivity contribution in [2.45, 2.75) is 39.7 Å². The molecular formula is C17H24N2O4. The van der Waals surface area contributed by atoms with Crippen LogP contribution in [-0.4, -0.2) is 30.9 Å². The summed E-state index contributed by atoms with van der Waals surface area (Å²) in [4.78, 5) is 34.8. The lowest BCUT2D eigenvalue weighted by Crippen LogP contribution is -2.43. The first kappa shape index (κ1) is 18.7. The van der Waals surface area contributed by atoms with Crippen molar-refractivity contribution in [1.29, 1.82) is 0 Å². The van der Waals surface area contributed by atoms with Crippen LogP contribution >= 0.6 is 0 Å². The quantitative estimate of drug-likeness (QED) is 0.751. The van der Waals surface area contributed by atoms with Crippen LogP contribution in [0.3, 0.4) is 0 Å². The summed E-state index contributed by atoms with van der Waals surface area (Å²) in [5.74, 6) is -0.567. The monoisotopic (exact) mass is 320 g/mol. The summed E-state index contributed by atoms with van der Waals surface area (Å²) in [6.45, 7) is 5.38. The van der Waals surface area contributed by atoms with Crippen molar-refractivity contribution in [2.24, 2.45) is 5.92 Å². The first-order valence-corrected chi connectivity index (χ1v) is 7.55. The number of hydrogen-bond donors (Lipinski definition) is 2. The summed E-state index contributed by atoms with van der Waals surface area (Å²) in [6.07, 6.45) is 0.686. The fourth-order valence-corrected chi connectivity index (χ4v) is 2.17. The van der Waals surface area contributed by atoms with Crippen LogP contribution in [0, 0.1) is 5.92 Å². The number of methoxy groups -OCH3 is 1. The minimum absolute atomic E-state index is 0.148. The maximum Gasteiger partial charge on any atom is 0.328 e. The van der Waals surface area contributed by atoms with E-state index in [4.69, 9.17) is 4.74 Å². The van der Waals surface area contributed by atoms with Gasteiger partial charge in [-0.2, -0.15) is 0 Å². The van der Waals surface area contributed by atoms with Gasteiger partial charge in [0.1, 0.15) is 6.04 Å². The lowest BCUT2D eigenvalue weighted by molar-refractivity contribution is -0.145. The Hall–Kier alpha value is -2.37. The molecule has 6 nitrogen and oxygen atoms in total. The van der Waals surface area contributed by atoms with Crippen LogP contribution in [0.5, 0.6) is 0 Å². The molecule has 0 aliphatic rings. The molecule has 0 aromatic heterocycles. The van der Waals surface area contributed by atoms with E-state index in [2.05, 4.69) is 10.6 Å². The van der Waals surface area contributed by atoms with E-state index in [0.29, 0.717) is 12.1 Å². The van der Waals surface area contributed by atoms with Crippen LogP contribution in [0.2, 0.25) is 0 Å². The highest BCUT2D eigenvalue weighted by molar-refractivity contribution is 5.89. The third-order valence-corrected chi connectivity index (χ3v) is 3.17. The fraction of sp³-hybridized carbons (Fsp3) is 0.471. The van der Waals surface area contributed by atoms with Gasteiger partial charge in [-0.15, -0.1) is 0 Å². The molecule has 0 spiro atoms. The molecule has 0 fully saturated rings. The second-order valence-corrected chi connectivity index (χ2v) is 5.83. The minimum atomic E-state index is -0.633. The summed E-state index contributed by atoms with van der Waals surface area (Å²) in [5.41, 5.74) is 1.47. The van der Waals surface area contributed by atoms with Crippen LogP contribution in [0.15, 0.2) is 24.3 Å². The number of carbonyl (C=O) groups excluding carboxylic acids is 3. The summed E-state index contributed by atoms with van der Waals surface area (Å²) < 4.78 is 4.72. The highest BCUT2D eigenvalue weighted by Crippen LogP contribution is 2.11. The van der Waals surface area contributed by atoms with Gasteiger partial charge >= 0.3 is 5.97 Å². The molecule has 0 aliphatic carbocycles. The van der Waals surface area contributed by atoms with Gasteiger partial charge in [-0.3, -0.25) is 9.59 Å². The number of benzene rings is 1. The van der Waals surface area contributed by atoms with Gasteiger partial charge in [-0.25, -0.2) is 4.79 Å². The summed E-state index contributed by atoms with van der Waals surface area (Å²) in [5, 5.41) is 5.37. The van der Waals surface area contributed by atoms with Crippen molar-refractivity contribution in [3.8, 4) is 0 Å². The molecule has 1 aromatic rings. The molecule has 1 atom stereocenters. The number of hydrogen-bond acceptors (Lipinski definition) is 4. The fourth-order valence-electron chi connectivity index (χ4n) is 2.17. The number of carbonyl (C=O) groups is 3. The third kappa shape index (κ3) is 6.95. The zero-order valence-corrected chi connectivity index (χ0v) is 14.0. The Kier molecular flexibility index (Phi) is 7.25. The van der Waals surface area contributed by atoms with E-state index in [-0.39, 0.29) is 24.2 Å². The van der Waals surface area contributed by atoms with Gasteiger partial charge in [0.05, 0.1) is 13.5 Å². The predicted octanol–water partition coefficient (Wildman–Crippen LogP) is 1.89. The van der Waals surface area contributed by atoms with Crippen LogP contribution in [0.1, 0.15) is 32.8 Å². The van der Waals surface area contributed by atoms with Gasteiger partial charge in [-0.05, 0) is 30.0 Å². The lowest BCUT2D eigenvalue weighted by atomic mass is 10.0. The molecule has 0 aliphatic heterocycles. The first-order valence-electron chi connectivity index (χ1n) is 7.55. The number of amides is 2. The number of ether oxygens (including phenoxy) is 1. The molecular weight excluding hydrogens is 296 g/mol. The largest absolute Gasteiger partial charge is 0.467 e. The Bertz CT molecular complexity index is 552. The standard InChI is InChI=1S/C17H24N2O4/c1-11(2)9-15(17(22)23-4)19-16(21)10-13-5-7-14(8-6-13)18-12(3)20/h5-8,11,15H,9-10H2,1-4H3,(H,18,20)(H,19,21). The Morgan fingerprint density at radius 3 is 2.22 bits per heavy atom. The van der Waals surface area contributed by atoms with E-state index >= 15 is 0 Å². The molecule has 1 rings (SSSR count). The molecule has 23 heavy (non-hydrogen) atoms. The molecule has 0 bridgehead atoms. The highest BCUT2D eigenvalue weighted by atomic mass is 16.5. The number of anilines is 1. The zero-order chi connectivity index (χ0) is 17.4. The average Bonchev–Trinajstić information content (AvgIpc) is 2.46. The lowest BCUT2D eigenvalue weighted by Gasteiger charge is -2.18. The van der Waals surface area contributed by atoms with E-state index in [1.807, 2.05) is 13.8 Å². The maximum absolute atomic E-state index is 12.1. The van der Waals surface area contributed by atoms with Crippen molar-refractivity contribution in [3.05, 3.63) is 29.8 Å². The molecule has 0 saturated heterocycles. The first-order chi connectivity index (χ1) is 10.8. The second-order valence-electron chi connectivity index (χ2n) is 5.83. The van der Waals surface area contributed by atoms with Crippen molar-refractivity contribution < 1.29 is 19.1 Å². The Balaban J connectivity index is 2.63. The van der Waals surface area contributed by atoms with Crippen molar-refractivity contribution in [1.82, 2.24) is 5.32 Å². The van der Waals surface area contributed by atoms with E-state index < -0.39 is 12.0 Å².